The molecule has 5 rings (SSSR count). The summed E-state index contributed by atoms with van der Waals surface area (Å²) in [4.78, 5) is 31.1. The molecule has 0 aliphatic carbocycles. The van der Waals surface area contributed by atoms with Crippen LogP contribution < -0.4 is 5.32 Å². The first-order chi connectivity index (χ1) is 15.9. The number of nitrogens with zero attached hydrogens (tertiary/aromatic N) is 3. The van der Waals surface area contributed by atoms with E-state index in [-0.39, 0.29) is 30.3 Å². The number of nitrogens with one attached hydrogen (secondary N) is 1. The summed E-state index contributed by atoms with van der Waals surface area (Å²) >= 11 is 0. The summed E-state index contributed by atoms with van der Waals surface area (Å²) in [5.41, 5.74) is 2.77. The number of fused-ring (bicyclic) bond motifs is 1. The Kier molecular flexibility index (Phi) is 5.46. The maximum atomic E-state index is 13.4. The third-order valence-electron chi connectivity index (χ3n) is 6.53. The molecule has 33 heavy (non-hydrogen) atoms. The number of rotatable bonds is 4. The monoisotopic (exact) mass is 448 g/mol. The van der Waals surface area contributed by atoms with Crippen LogP contribution in [0.4, 0.5) is 4.39 Å². The van der Waals surface area contributed by atoms with Crippen LogP contribution in [-0.2, 0) is 16.1 Å². The molecule has 1 aromatic heterocycles. The van der Waals surface area contributed by atoms with E-state index in [1.54, 1.807) is 29.6 Å². The highest BCUT2D eigenvalue weighted by Gasteiger charge is 2.46. The van der Waals surface area contributed by atoms with Gasteiger partial charge in [0.25, 0.3) is 5.91 Å². The topological polar surface area (TPSA) is 76.5 Å². The van der Waals surface area contributed by atoms with Gasteiger partial charge in [-0.2, -0.15) is 0 Å². The number of carbonyl (C=O) groups is 2. The van der Waals surface area contributed by atoms with Gasteiger partial charge in [-0.1, -0.05) is 36.4 Å². The van der Waals surface area contributed by atoms with Gasteiger partial charge >= 0.3 is 0 Å². The molecular weight excluding hydrogens is 423 g/mol. The maximum Gasteiger partial charge on any atom is 0.272 e. The molecule has 2 aliphatic rings. The summed E-state index contributed by atoms with van der Waals surface area (Å²) in [5, 5.41) is 2.98. The second kappa shape index (κ2) is 8.44. The van der Waals surface area contributed by atoms with Crippen LogP contribution in [-0.4, -0.2) is 57.6 Å². The normalized spacial score (nSPS) is 22.5. The average molecular weight is 448 g/mol. The predicted octanol–water partition coefficient (Wildman–Crippen LogP) is 2.86. The van der Waals surface area contributed by atoms with Gasteiger partial charge in [-0.05, 0) is 42.2 Å². The van der Waals surface area contributed by atoms with Crippen LogP contribution >= 0.6 is 0 Å². The van der Waals surface area contributed by atoms with E-state index in [9.17, 15) is 14.0 Å². The summed E-state index contributed by atoms with van der Waals surface area (Å²) in [7, 11) is 0. The highest BCUT2D eigenvalue weighted by molar-refractivity contribution is 5.92. The Morgan fingerprint density at radius 2 is 2.03 bits per heavy atom. The van der Waals surface area contributed by atoms with E-state index in [1.807, 2.05) is 35.8 Å². The van der Waals surface area contributed by atoms with Gasteiger partial charge in [0.05, 0.1) is 25.1 Å². The van der Waals surface area contributed by atoms with Crippen LogP contribution in [0.3, 0.4) is 0 Å². The molecule has 2 unspecified atom stereocenters. The number of likely N-dealkylation sites (tertiary alicyclic amines) is 1. The molecule has 0 spiro atoms. The molecule has 2 saturated heterocycles. The number of morpholine rings is 1. The van der Waals surface area contributed by atoms with Gasteiger partial charge in [-0.3, -0.25) is 9.59 Å². The standard InChI is InChI=1S/C25H25FN4O3/c1-25-15-29(11-10-22(25)28-23(31)14-33-25)24(32)21-12-27-16-30(21)13-18-4-2-3-5-20(18)17-6-8-19(26)9-7-17/h2-9,12,16,22H,10-11,13-15H2,1H3,(H,28,31). The van der Waals surface area contributed by atoms with E-state index in [2.05, 4.69) is 10.3 Å². The Morgan fingerprint density at radius 3 is 2.85 bits per heavy atom. The van der Waals surface area contributed by atoms with Crippen molar-refractivity contribution in [2.45, 2.75) is 31.5 Å². The average Bonchev–Trinajstić information content (AvgIpc) is 3.28. The summed E-state index contributed by atoms with van der Waals surface area (Å²) < 4.78 is 21.1. The maximum absolute atomic E-state index is 13.4. The molecule has 2 aromatic carbocycles. The van der Waals surface area contributed by atoms with E-state index in [0.717, 1.165) is 16.7 Å². The van der Waals surface area contributed by atoms with Crippen molar-refractivity contribution in [2.75, 3.05) is 19.7 Å². The molecule has 8 heteroatoms. The lowest BCUT2D eigenvalue weighted by Crippen LogP contribution is -2.67. The number of hydrogen-bond donors (Lipinski definition) is 1. The molecule has 2 fully saturated rings. The van der Waals surface area contributed by atoms with Crippen LogP contribution in [0.25, 0.3) is 11.1 Å². The number of imidazole rings is 1. The molecule has 2 aliphatic heterocycles. The zero-order valence-electron chi connectivity index (χ0n) is 18.3. The summed E-state index contributed by atoms with van der Waals surface area (Å²) in [6.45, 7) is 3.32. The van der Waals surface area contributed by atoms with Gasteiger partial charge in [0.1, 0.15) is 23.7 Å². The third kappa shape index (κ3) is 4.14. The number of amides is 2. The second-order valence-electron chi connectivity index (χ2n) is 8.81. The van der Waals surface area contributed by atoms with E-state index < -0.39 is 5.60 Å². The first-order valence-electron chi connectivity index (χ1n) is 11.0. The van der Waals surface area contributed by atoms with E-state index in [4.69, 9.17) is 4.74 Å². The van der Waals surface area contributed by atoms with E-state index >= 15 is 0 Å². The molecule has 2 amide bonds. The van der Waals surface area contributed by atoms with Crippen molar-refractivity contribution in [1.82, 2.24) is 19.8 Å². The predicted molar refractivity (Wildman–Crippen MR) is 120 cm³/mol. The Labute approximate surface area is 191 Å². The van der Waals surface area contributed by atoms with Crippen molar-refractivity contribution >= 4 is 11.8 Å². The number of aromatic nitrogens is 2. The van der Waals surface area contributed by atoms with Crippen LogP contribution in [0.15, 0.2) is 61.1 Å². The molecule has 0 bridgehead atoms. The lowest BCUT2D eigenvalue weighted by molar-refractivity contribution is -0.156. The summed E-state index contributed by atoms with van der Waals surface area (Å²) in [5.74, 6) is -0.514. The van der Waals surface area contributed by atoms with Crippen LogP contribution in [0.2, 0.25) is 0 Å². The largest absolute Gasteiger partial charge is 0.361 e. The minimum absolute atomic E-state index is 0.00708. The molecule has 7 nitrogen and oxygen atoms in total. The van der Waals surface area contributed by atoms with Crippen molar-refractivity contribution in [3.8, 4) is 11.1 Å². The molecule has 1 N–H and O–H groups in total. The van der Waals surface area contributed by atoms with E-state index in [1.165, 1.54) is 12.1 Å². The fourth-order valence-corrected chi connectivity index (χ4v) is 4.71. The number of benzene rings is 2. The van der Waals surface area contributed by atoms with Crippen molar-refractivity contribution < 1.29 is 18.7 Å². The molecule has 3 aromatic rings. The van der Waals surface area contributed by atoms with Crippen molar-refractivity contribution in [3.05, 3.63) is 78.1 Å². The highest BCUT2D eigenvalue weighted by atomic mass is 19.1. The highest BCUT2D eigenvalue weighted by Crippen LogP contribution is 2.29. The smallest absolute Gasteiger partial charge is 0.272 e. The number of hydrogen-bond acceptors (Lipinski definition) is 4. The summed E-state index contributed by atoms with van der Waals surface area (Å²) in [6.07, 6.45) is 3.87. The lowest BCUT2D eigenvalue weighted by atomic mass is 9.87. The third-order valence-corrected chi connectivity index (χ3v) is 6.53. The van der Waals surface area contributed by atoms with Crippen molar-refractivity contribution in [3.63, 3.8) is 0 Å². The summed E-state index contributed by atoms with van der Waals surface area (Å²) in [6, 6.07) is 14.2. The number of ether oxygens (including phenoxy) is 1. The van der Waals surface area contributed by atoms with Crippen LogP contribution in [0.5, 0.6) is 0 Å². The Balaban J connectivity index is 1.37. The van der Waals surface area contributed by atoms with Crippen molar-refractivity contribution in [2.24, 2.45) is 0 Å². The van der Waals surface area contributed by atoms with E-state index in [0.29, 0.717) is 31.7 Å². The zero-order chi connectivity index (χ0) is 23.0. The zero-order valence-corrected chi connectivity index (χ0v) is 18.3. The van der Waals surface area contributed by atoms with Crippen molar-refractivity contribution in [1.29, 1.82) is 0 Å². The Hall–Kier alpha value is -3.52. The molecular formula is C25H25FN4O3. The fourth-order valence-electron chi connectivity index (χ4n) is 4.71. The Morgan fingerprint density at radius 1 is 1.24 bits per heavy atom. The second-order valence-corrected chi connectivity index (χ2v) is 8.81. The minimum atomic E-state index is -0.609. The van der Waals surface area contributed by atoms with Gasteiger partial charge in [-0.25, -0.2) is 9.37 Å². The molecule has 170 valence electrons. The molecule has 0 radical (unpaired) electrons. The molecule has 3 heterocycles. The lowest BCUT2D eigenvalue weighted by Gasteiger charge is -2.48. The van der Waals surface area contributed by atoms with Gasteiger partial charge in [-0.15, -0.1) is 0 Å². The van der Waals surface area contributed by atoms with Gasteiger partial charge in [0.15, 0.2) is 0 Å². The van der Waals surface area contributed by atoms with Gasteiger partial charge in [0.2, 0.25) is 5.91 Å². The number of halogens is 1. The fraction of sp³-hybridized carbons (Fsp3) is 0.320. The van der Waals surface area contributed by atoms with Crippen LogP contribution in [0, 0.1) is 5.82 Å². The number of carbonyl (C=O) groups excluding carboxylic acids is 2. The van der Waals surface area contributed by atoms with Gasteiger partial charge < -0.3 is 19.5 Å². The van der Waals surface area contributed by atoms with Gasteiger partial charge in [0, 0.05) is 13.1 Å². The van der Waals surface area contributed by atoms with Crippen LogP contribution in [0.1, 0.15) is 29.4 Å². The number of piperidine rings is 1. The molecule has 2 atom stereocenters. The minimum Gasteiger partial charge on any atom is -0.361 e. The molecule has 0 saturated carbocycles. The quantitative estimate of drug-likeness (QED) is 0.666. The SMILES string of the molecule is CC12CN(C(=O)c3cncn3Cc3ccccc3-c3ccc(F)cc3)CCC1NC(=O)CO2. The first kappa shape index (κ1) is 21.3. The Bertz CT molecular complexity index is 1190. The first-order valence-corrected chi connectivity index (χ1v) is 11.0.